The monoisotopic (exact) mass is 367 g/mol. The highest BCUT2D eigenvalue weighted by molar-refractivity contribution is 5.79. The van der Waals surface area contributed by atoms with Gasteiger partial charge in [0, 0.05) is 37.9 Å². The largest absolute Gasteiger partial charge is 0.493 e. The van der Waals surface area contributed by atoms with Gasteiger partial charge in [-0.25, -0.2) is 4.98 Å². The Morgan fingerprint density at radius 2 is 2.04 bits per heavy atom. The number of imidazole rings is 1. The number of ether oxygens (including phenoxy) is 1. The van der Waals surface area contributed by atoms with Gasteiger partial charge < -0.3 is 14.2 Å². The maximum Gasteiger partial charge on any atom is 0.226 e. The van der Waals surface area contributed by atoms with Crippen LogP contribution in [0.25, 0.3) is 0 Å². The van der Waals surface area contributed by atoms with Crippen LogP contribution in [0.15, 0.2) is 36.7 Å². The SMILES string of the molecule is Cc1nccn1CCC1CCN(C(=O)[C@@H]2CCOc3ccccc3C2)CC1. The van der Waals surface area contributed by atoms with Gasteiger partial charge in [0.25, 0.3) is 0 Å². The fraction of sp³-hybridized carbons (Fsp3) is 0.545. The molecule has 0 unspecified atom stereocenters. The Labute approximate surface area is 161 Å². The van der Waals surface area contributed by atoms with Crippen molar-refractivity contribution < 1.29 is 9.53 Å². The molecule has 0 aliphatic carbocycles. The van der Waals surface area contributed by atoms with Crippen molar-refractivity contribution in [2.75, 3.05) is 19.7 Å². The van der Waals surface area contributed by atoms with Crippen LogP contribution in [0.2, 0.25) is 0 Å². The quantitative estimate of drug-likeness (QED) is 0.831. The molecule has 2 aliphatic heterocycles. The average Bonchev–Trinajstić information content (AvgIpc) is 2.98. The van der Waals surface area contributed by atoms with Crippen LogP contribution in [0.3, 0.4) is 0 Å². The van der Waals surface area contributed by atoms with Crippen molar-refractivity contribution in [3.05, 3.63) is 48.0 Å². The number of rotatable bonds is 4. The van der Waals surface area contributed by atoms with E-state index in [4.69, 9.17) is 4.74 Å². The Hall–Kier alpha value is -2.30. The highest BCUT2D eigenvalue weighted by atomic mass is 16.5. The predicted octanol–water partition coefficient (Wildman–Crippen LogP) is 3.46. The number of hydrogen-bond donors (Lipinski definition) is 0. The number of carbonyl (C=O) groups is 1. The third-order valence-corrected chi connectivity index (χ3v) is 6.14. The first-order chi connectivity index (χ1) is 13.2. The van der Waals surface area contributed by atoms with E-state index in [1.165, 1.54) is 12.0 Å². The van der Waals surface area contributed by atoms with Crippen LogP contribution >= 0.6 is 0 Å². The number of benzene rings is 1. The second kappa shape index (κ2) is 8.15. The Balaban J connectivity index is 1.29. The van der Waals surface area contributed by atoms with E-state index in [2.05, 4.69) is 33.6 Å². The van der Waals surface area contributed by atoms with E-state index in [0.29, 0.717) is 18.4 Å². The number of amides is 1. The Morgan fingerprint density at radius 3 is 2.81 bits per heavy atom. The number of para-hydroxylation sites is 1. The molecule has 0 saturated carbocycles. The van der Waals surface area contributed by atoms with Crippen molar-refractivity contribution in [2.45, 2.75) is 45.6 Å². The molecule has 5 nitrogen and oxygen atoms in total. The van der Waals surface area contributed by atoms with Crippen LogP contribution < -0.4 is 4.74 Å². The van der Waals surface area contributed by atoms with Crippen LogP contribution in [0.4, 0.5) is 0 Å². The Kier molecular flexibility index (Phi) is 5.46. The van der Waals surface area contributed by atoms with Crippen LogP contribution in [0.5, 0.6) is 5.75 Å². The molecule has 27 heavy (non-hydrogen) atoms. The summed E-state index contributed by atoms with van der Waals surface area (Å²) in [5, 5.41) is 0. The molecule has 1 saturated heterocycles. The van der Waals surface area contributed by atoms with Crippen LogP contribution in [0.1, 0.15) is 37.1 Å². The van der Waals surface area contributed by atoms with Crippen molar-refractivity contribution in [1.82, 2.24) is 14.5 Å². The van der Waals surface area contributed by atoms with Gasteiger partial charge in [-0.2, -0.15) is 0 Å². The molecular formula is C22H29N3O2. The van der Waals surface area contributed by atoms with Crippen molar-refractivity contribution in [3.63, 3.8) is 0 Å². The standard InChI is InChI=1S/C22H29N3O2/c1-17-23-10-14-24(17)11-6-18-7-12-25(13-8-18)22(26)20-9-15-27-21-5-3-2-4-19(21)16-20/h2-5,10,14,18,20H,6-9,11-13,15-16H2,1H3/t20-/m1/s1. The van der Waals surface area contributed by atoms with Crippen molar-refractivity contribution in [3.8, 4) is 5.75 Å². The average molecular weight is 367 g/mol. The van der Waals surface area contributed by atoms with Gasteiger partial charge in [0.2, 0.25) is 5.91 Å². The van der Waals surface area contributed by atoms with Gasteiger partial charge in [-0.05, 0) is 56.6 Å². The number of fused-ring (bicyclic) bond motifs is 1. The van der Waals surface area contributed by atoms with Crippen molar-refractivity contribution >= 4 is 5.91 Å². The number of aromatic nitrogens is 2. The second-order valence-electron chi connectivity index (χ2n) is 7.87. The summed E-state index contributed by atoms with van der Waals surface area (Å²) in [4.78, 5) is 19.5. The molecule has 0 bridgehead atoms. The number of likely N-dealkylation sites (tertiary alicyclic amines) is 1. The van der Waals surface area contributed by atoms with Gasteiger partial charge in [0.15, 0.2) is 0 Å². The highest BCUT2D eigenvalue weighted by Gasteiger charge is 2.30. The molecule has 4 rings (SSSR count). The molecule has 2 aromatic rings. The zero-order valence-corrected chi connectivity index (χ0v) is 16.1. The lowest BCUT2D eigenvalue weighted by molar-refractivity contribution is -0.137. The topological polar surface area (TPSA) is 47.4 Å². The van der Waals surface area contributed by atoms with E-state index in [0.717, 1.165) is 56.9 Å². The van der Waals surface area contributed by atoms with Gasteiger partial charge in [-0.1, -0.05) is 18.2 Å². The molecule has 0 spiro atoms. The lowest BCUT2D eigenvalue weighted by atomic mass is 9.91. The second-order valence-corrected chi connectivity index (χ2v) is 7.87. The van der Waals surface area contributed by atoms with E-state index in [1.54, 1.807) is 0 Å². The summed E-state index contributed by atoms with van der Waals surface area (Å²) in [5.74, 6) is 3.10. The van der Waals surface area contributed by atoms with E-state index in [9.17, 15) is 4.79 Å². The summed E-state index contributed by atoms with van der Waals surface area (Å²) in [6.45, 7) is 5.50. The van der Waals surface area contributed by atoms with Gasteiger partial charge in [-0.15, -0.1) is 0 Å². The predicted molar refractivity (Wildman–Crippen MR) is 105 cm³/mol. The minimum atomic E-state index is 0.0544. The zero-order valence-electron chi connectivity index (χ0n) is 16.1. The summed E-state index contributed by atoms with van der Waals surface area (Å²) in [6.07, 6.45) is 8.93. The minimum Gasteiger partial charge on any atom is -0.493 e. The molecule has 1 aromatic carbocycles. The zero-order chi connectivity index (χ0) is 18.6. The van der Waals surface area contributed by atoms with Gasteiger partial charge in [-0.3, -0.25) is 4.79 Å². The number of carbonyl (C=O) groups excluding carboxylic acids is 1. The summed E-state index contributed by atoms with van der Waals surface area (Å²) in [5.41, 5.74) is 1.17. The Bertz CT molecular complexity index is 777. The van der Waals surface area contributed by atoms with Crippen LogP contribution in [-0.2, 0) is 17.8 Å². The molecule has 3 heterocycles. The molecule has 2 aliphatic rings. The minimum absolute atomic E-state index is 0.0544. The fourth-order valence-electron chi connectivity index (χ4n) is 4.36. The molecule has 0 N–H and O–H groups in total. The number of hydrogen-bond acceptors (Lipinski definition) is 3. The molecule has 1 atom stereocenters. The molecule has 1 fully saturated rings. The molecule has 144 valence electrons. The fourth-order valence-corrected chi connectivity index (χ4v) is 4.36. The third-order valence-electron chi connectivity index (χ3n) is 6.14. The normalized spacial score (nSPS) is 20.6. The summed E-state index contributed by atoms with van der Waals surface area (Å²) < 4.78 is 8.05. The van der Waals surface area contributed by atoms with E-state index < -0.39 is 0 Å². The maximum absolute atomic E-state index is 13.1. The molecule has 1 aromatic heterocycles. The Morgan fingerprint density at radius 1 is 1.22 bits per heavy atom. The smallest absolute Gasteiger partial charge is 0.226 e. The lowest BCUT2D eigenvalue weighted by Crippen LogP contribution is -2.42. The van der Waals surface area contributed by atoms with Crippen molar-refractivity contribution in [2.24, 2.45) is 11.8 Å². The van der Waals surface area contributed by atoms with Crippen LogP contribution in [-0.4, -0.2) is 40.1 Å². The number of nitrogens with zero attached hydrogens (tertiary/aromatic N) is 3. The molecule has 5 heteroatoms. The first kappa shape index (κ1) is 18.1. The van der Waals surface area contributed by atoms with Gasteiger partial charge in [0.1, 0.15) is 11.6 Å². The van der Waals surface area contributed by atoms with E-state index in [-0.39, 0.29) is 5.92 Å². The van der Waals surface area contributed by atoms with Crippen molar-refractivity contribution in [1.29, 1.82) is 0 Å². The number of aryl methyl sites for hydroxylation is 2. The highest BCUT2D eigenvalue weighted by Crippen LogP contribution is 2.29. The summed E-state index contributed by atoms with van der Waals surface area (Å²) in [6, 6.07) is 8.13. The third kappa shape index (κ3) is 4.18. The van der Waals surface area contributed by atoms with E-state index in [1.807, 2.05) is 24.4 Å². The lowest BCUT2D eigenvalue weighted by Gasteiger charge is -2.34. The summed E-state index contributed by atoms with van der Waals surface area (Å²) >= 11 is 0. The maximum atomic E-state index is 13.1. The first-order valence-electron chi connectivity index (χ1n) is 10.2. The molecular weight excluding hydrogens is 338 g/mol. The summed E-state index contributed by atoms with van der Waals surface area (Å²) in [7, 11) is 0. The molecule has 0 radical (unpaired) electrons. The molecule has 1 amide bonds. The van der Waals surface area contributed by atoms with Crippen LogP contribution in [0, 0.1) is 18.8 Å². The van der Waals surface area contributed by atoms with Gasteiger partial charge >= 0.3 is 0 Å². The van der Waals surface area contributed by atoms with E-state index >= 15 is 0 Å². The first-order valence-corrected chi connectivity index (χ1v) is 10.2. The number of piperidine rings is 1. The van der Waals surface area contributed by atoms with Gasteiger partial charge in [0.05, 0.1) is 6.61 Å².